The Kier molecular flexibility index (Phi) is 4.58. The molecule has 0 radical (unpaired) electrons. The van der Waals surface area contributed by atoms with Crippen LogP contribution in [-0.2, 0) is 9.53 Å². The third kappa shape index (κ3) is 3.87. The highest BCUT2D eigenvalue weighted by atomic mass is 16.5. The molecule has 0 fully saturated rings. The van der Waals surface area contributed by atoms with Gasteiger partial charge in [0, 0.05) is 0 Å². The van der Waals surface area contributed by atoms with Crippen LogP contribution in [0.3, 0.4) is 0 Å². The normalized spacial score (nSPS) is 11.0. The van der Waals surface area contributed by atoms with E-state index in [4.69, 9.17) is 11.5 Å². The van der Waals surface area contributed by atoms with Crippen molar-refractivity contribution in [2.24, 2.45) is 0 Å². The van der Waals surface area contributed by atoms with Gasteiger partial charge in [-0.1, -0.05) is 36.3 Å². The Labute approximate surface area is 98.4 Å². The van der Waals surface area contributed by atoms with Gasteiger partial charge in [-0.15, -0.1) is 6.42 Å². The SMILES string of the molecule is C#CCOC(=O)N[C@@H](C(=O)O)c1ccccc1. The second kappa shape index (κ2) is 6.18. The minimum atomic E-state index is -1.17. The molecule has 0 aromatic heterocycles. The molecule has 0 aliphatic rings. The van der Waals surface area contributed by atoms with Gasteiger partial charge in [0.1, 0.15) is 0 Å². The van der Waals surface area contributed by atoms with E-state index in [9.17, 15) is 9.59 Å². The van der Waals surface area contributed by atoms with Gasteiger partial charge in [0.2, 0.25) is 0 Å². The van der Waals surface area contributed by atoms with Crippen LogP contribution in [0.25, 0.3) is 0 Å². The van der Waals surface area contributed by atoms with Gasteiger partial charge in [-0.3, -0.25) is 0 Å². The van der Waals surface area contributed by atoms with Crippen molar-refractivity contribution < 1.29 is 19.4 Å². The second-order valence-electron chi connectivity index (χ2n) is 3.11. The van der Waals surface area contributed by atoms with E-state index in [0.29, 0.717) is 5.56 Å². The van der Waals surface area contributed by atoms with Crippen LogP contribution >= 0.6 is 0 Å². The van der Waals surface area contributed by atoms with Gasteiger partial charge in [0.25, 0.3) is 0 Å². The summed E-state index contributed by atoms with van der Waals surface area (Å²) in [6.07, 6.45) is 4.05. The zero-order valence-electron chi connectivity index (χ0n) is 8.92. The van der Waals surface area contributed by atoms with Gasteiger partial charge in [0.15, 0.2) is 12.6 Å². The molecule has 1 aromatic carbocycles. The first-order valence-corrected chi connectivity index (χ1v) is 4.79. The average Bonchev–Trinajstić information content (AvgIpc) is 2.34. The van der Waals surface area contributed by atoms with Gasteiger partial charge in [0.05, 0.1) is 0 Å². The summed E-state index contributed by atoms with van der Waals surface area (Å²) >= 11 is 0. The van der Waals surface area contributed by atoms with Crippen LogP contribution in [0, 0.1) is 12.3 Å². The van der Waals surface area contributed by atoms with E-state index in [1.807, 2.05) is 0 Å². The fourth-order valence-electron chi connectivity index (χ4n) is 1.20. The average molecular weight is 233 g/mol. The minimum Gasteiger partial charge on any atom is -0.479 e. The number of hydrogen-bond acceptors (Lipinski definition) is 3. The lowest BCUT2D eigenvalue weighted by Gasteiger charge is -2.14. The van der Waals surface area contributed by atoms with Crippen LogP contribution in [0.1, 0.15) is 11.6 Å². The maximum Gasteiger partial charge on any atom is 0.409 e. The molecule has 5 nitrogen and oxygen atoms in total. The third-order valence-corrected chi connectivity index (χ3v) is 1.93. The Morgan fingerprint density at radius 3 is 2.59 bits per heavy atom. The molecular weight excluding hydrogens is 222 g/mol. The van der Waals surface area contributed by atoms with Gasteiger partial charge >= 0.3 is 12.1 Å². The Morgan fingerprint density at radius 2 is 2.06 bits per heavy atom. The number of carbonyl (C=O) groups is 2. The van der Waals surface area contributed by atoms with Crippen molar-refractivity contribution >= 4 is 12.1 Å². The number of ether oxygens (including phenoxy) is 1. The van der Waals surface area contributed by atoms with Crippen molar-refractivity contribution in [1.29, 1.82) is 0 Å². The van der Waals surface area contributed by atoms with Gasteiger partial charge in [-0.25, -0.2) is 9.59 Å². The van der Waals surface area contributed by atoms with Crippen molar-refractivity contribution in [3.05, 3.63) is 35.9 Å². The topological polar surface area (TPSA) is 75.6 Å². The Morgan fingerprint density at radius 1 is 1.41 bits per heavy atom. The van der Waals surface area contributed by atoms with Crippen LogP contribution in [0.5, 0.6) is 0 Å². The van der Waals surface area contributed by atoms with E-state index in [2.05, 4.69) is 16.0 Å². The van der Waals surface area contributed by atoms with Crippen LogP contribution < -0.4 is 5.32 Å². The Hall–Kier alpha value is -2.48. The van der Waals surface area contributed by atoms with Crippen LogP contribution in [0.4, 0.5) is 4.79 Å². The van der Waals surface area contributed by atoms with Gasteiger partial charge < -0.3 is 15.2 Å². The number of rotatable bonds is 4. The zero-order valence-corrected chi connectivity index (χ0v) is 8.92. The molecule has 1 aromatic rings. The number of aliphatic carboxylic acids is 1. The first-order valence-electron chi connectivity index (χ1n) is 4.79. The number of terminal acetylenes is 1. The van der Waals surface area contributed by atoms with E-state index in [1.165, 1.54) is 0 Å². The second-order valence-corrected chi connectivity index (χ2v) is 3.11. The first kappa shape index (κ1) is 12.6. The van der Waals surface area contributed by atoms with Crippen molar-refractivity contribution in [3.8, 4) is 12.3 Å². The standard InChI is InChI=1S/C12H11NO4/c1-2-8-17-12(16)13-10(11(14)15)9-6-4-3-5-7-9/h1,3-7,10H,8H2,(H,13,16)(H,14,15)/t10-/m1/s1. The number of carboxylic acid groups (broad SMARTS) is 1. The summed E-state index contributed by atoms with van der Waals surface area (Å²) in [6.45, 7) is -0.201. The highest BCUT2D eigenvalue weighted by molar-refractivity contribution is 5.81. The number of carboxylic acids is 1. The van der Waals surface area contributed by atoms with Crippen molar-refractivity contribution in [3.63, 3.8) is 0 Å². The van der Waals surface area contributed by atoms with E-state index in [1.54, 1.807) is 30.3 Å². The third-order valence-electron chi connectivity index (χ3n) is 1.93. The minimum absolute atomic E-state index is 0.201. The summed E-state index contributed by atoms with van der Waals surface area (Å²) in [5.41, 5.74) is 0.456. The molecule has 1 atom stereocenters. The maximum absolute atomic E-state index is 11.2. The predicted molar refractivity (Wildman–Crippen MR) is 60.1 cm³/mol. The molecule has 0 bridgehead atoms. The van der Waals surface area contributed by atoms with Crippen molar-refractivity contribution in [1.82, 2.24) is 5.32 Å². The molecule has 5 heteroatoms. The molecule has 1 rings (SSSR count). The number of amides is 1. The lowest BCUT2D eigenvalue weighted by molar-refractivity contribution is -0.139. The number of alkyl carbamates (subject to hydrolysis) is 1. The summed E-state index contributed by atoms with van der Waals surface area (Å²) < 4.78 is 4.54. The van der Waals surface area contributed by atoms with Gasteiger partial charge in [-0.05, 0) is 5.56 Å². The molecule has 2 N–H and O–H groups in total. The molecule has 0 heterocycles. The smallest absolute Gasteiger partial charge is 0.409 e. The largest absolute Gasteiger partial charge is 0.479 e. The number of benzene rings is 1. The van der Waals surface area contributed by atoms with E-state index >= 15 is 0 Å². The quantitative estimate of drug-likeness (QED) is 0.765. The summed E-state index contributed by atoms with van der Waals surface area (Å²) in [7, 11) is 0. The molecule has 0 unspecified atom stereocenters. The highest BCUT2D eigenvalue weighted by Crippen LogP contribution is 2.12. The summed E-state index contributed by atoms with van der Waals surface area (Å²) in [5.74, 6) is 0.938. The molecule has 0 saturated heterocycles. The number of hydrogen-bond donors (Lipinski definition) is 2. The fraction of sp³-hybridized carbons (Fsp3) is 0.167. The number of carbonyl (C=O) groups excluding carboxylic acids is 1. The van der Waals surface area contributed by atoms with Gasteiger partial charge in [-0.2, -0.15) is 0 Å². The lowest BCUT2D eigenvalue weighted by atomic mass is 10.1. The zero-order chi connectivity index (χ0) is 12.7. The number of nitrogens with one attached hydrogen (secondary N) is 1. The van der Waals surface area contributed by atoms with Crippen molar-refractivity contribution in [2.75, 3.05) is 6.61 Å². The Balaban J connectivity index is 2.72. The van der Waals surface area contributed by atoms with Crippen LogP contribution in [0.15, 0.2) is 30.3 Å². The monoisotopic (exact) mass is 233 g/mol. The highest BCUT2D eigenvalue weighted by Gasteiger charge is 2.22. The molecule has 0 aliphatic carbocycles. The summed E-state index contributed by atoms with van der Waals surface area (Å²) in [5, 5.41) is 11.2. The van der Waals surface area contributed by atoms with Crippen molar-refractivity contribution in [2.45, 2.75) is 6.04 Å². The maximum atomic E-state index is 11.2. The molecule has 0 spiro atoms. The molecule has 17 heavy (non-hydrogen) atoms. The van der Waals surface area contributed by atoms with E-state index in [0.717, 1.165) is 0 Å². The predicted octanol–water partition coefficient (Wildman–Crippen LogP) is 1.17. The summed E-state index contributed by atoms with van der Waals surface area (Å²) in [6, 6.07) is 7.15. The molecule has 0 aliphatic heterocycles. The molecular formula is C12H11NO4. The van der Waals surface area contributed by atoms with Crippen LogP contribution in [-0.4, -0.2) is 23.8 Å². The van der Waals surface area contributed by atoms with E-state index in [-0.39, 0.29) is 6.61 Å². The van der Waals surface area contributed by atoms with Crippen LogP contribution in [0.2, 0.25) is 0 Å². The molecule has 0 saturated carbocycles. The summed E-state index contributed by atoms with van der Waals surface area (Å²) in [4.78, 5) is 22.2. The Bertz CT molecular complexity index is 436. The molecule has 1 amide bonds. The molecule has 88 valence electrons. The lowest BCUT2D eigenvalue weighted by Crippen LogP contribution is -2.34. The fourth-order valence-corrected chi connectivity index (χ4v) is 1.20. The van der Waals surface area contributed by atoms with E-state index < -0.39 is 18.1 Å². The first-order chi connectivity index (χ1) is 8.15.